The number of para-hydroxylation sites is 1. The van der Waals surface area contributed by atoms with E-state index >= 15 is 0 Å². The lowest BCUT2D eigenvalue weighted by atomic mass is 10.1. The van der Waals surface area contributed by atoms with Gasteiger partial charge in [-0.05, 0) is 26.0 Å². The number of hydrogen-bond donors (Lipinski definition) is 2. The summed E-state index contributed by atoms with van der Waals surface area (Å²) in [5.41, 5.74) is -0.196. The first-order valence-electron chi connectivity index (χ1n) is 7.71. The van der Waals surface area contributed by atoms with Crippen molar-refractivity contribution in [2.24, 2.45) is 0 Å². The fraction of sp³-hybridized carbons (Fsp3) is 0.353. The maximum atomic E-state index is 12.2. The molecule has 0 radical (unpaired) electrons. The number of carbonyl (C=O) groups is 2. The molecule has 0 atom stereocenters. The van der Waals surface area contributed by atoms with Crippen LogP contribution >= 0.6 is 0 Å². The second-order valence-electron chi connectivity index (χ2n) is 5.73. The molecule has 0 unspecified atom stereocenters. The standard InChI is InChI=1S/C17H22N4O3/c1-17(2,16(23)19-11-9-14(22)18-3)24-15-10-12-21(20-15)13-7-5-4-6-8-13/h4-8,10,12H,9,11H2,1-3H3,(H,18,22)(H,19,23). The summed E-state index contributed by atoms with van der Waals surface area (Å²) in [4.78, 5) is 23.4. The molecule has 1 aromatic carbocycles. The minimum absolute atomic E-state index is 0.129. The molecule has 1 heterocycles. The number of hydrogen-bond acceptors (Lipinski definition) is 4. The number of ether oxygens (including phenoxy) is 1. The molecular formula is C17H22N4O3. The normalized spacial score (nSPS) is 11.0. The monoisotopic (exact) mass is 330 g/mol. The van der Waals surface area contributed by atoms with Gasteiger partial charge in [0.15, 0.2) is 5.60 Å². The van der Waals surface area contributed by atoms with Crippen LogP contribution in [0.15, 0.2) is 42.6 Å². The van der Waals surface area contributed by atoms with Gasteiger partial charge in [0.1, 0.15) is 0 Å². The van der Waals surface area contributed by atoms with Gasteiger partial charge in [-0.3, -0.25) is 9.59 Å². The van der Waals surface area contributed by atoms with E-state index in [1.54, 1.807) is 37.8 Å². The summed E-state index contributed by atoms with van der Waals surface area (Å²) >= 11 is 0. The van der Waals surface area contributed by atoms with Crippen molar-refractivity contribution < 1.29 is 14.3 Å². The molecule has 0 saturated heterocycles. The van der Waals surface area contributed by atoms with Crippen LogP contribution in [-0.2, 0) is 9.59 Å². The van der Waals surface area contributed by atoms with Crippen LogP contribution in [0.25, 0.3) is 5.69 Å². The van der Waals surface area contributed by atoms with Crippen molar-refractivity contribution in [1.82, 2.24) is 20.4 Å². The summed E-state index contributed by atoms with van der Waals surface area (Å²) in [5, 5.41) is 9.51. The zero-order valence-electron chi connectivity index (χ0n) is 14.1. The van der Waals surface area contributed by atoms with Gasteiger partial charge in [-0.1, -0.05) is 18.2 Å². The second kappa shape index (κ2) is 7.63. The van der Waals surface area contributed by atoms with Gasteiger partial charge in [0, 0.05) is 32.3 Å². The van der Waals surface area contributed by atoms with Crippen LogP contribution < -0.4 is 15.4 Å². The molecule has 2 amide bonds. The largest absolute Gasteiger partial charge is 0.460 e. The van der Waals surface area contributed by atoms with Gasteiger partial charge < -0.3 is 15.4 Å². The molecule has 0 spiro atoms. The minimum atomic E-state index is -1.10. The molecule has 0 bridgehead atoms. The van der Waals surface area contributed by atoms with Gasteiger partial charge in [0.05, 0.1) is 5.69 Å². The van der Waals surface area contributed by atoms with Crippen LogP contribution in [0.5, 0.6) is 5.88 Å². The van der Waals surface area contributed by atoms with E-state index in [2.05, 4.69) is 15.7 Å². The first kappa shape index (κ1) is 17.5. The molecular weight excluding hydrogens is 308 g/mol. The van der Waals surface area contributed by atoms with Crippen LogP contribution in [0, 0.1) is 0 Å². The van der Waals surface area contributed by atoms with Crippen molar-refractivity contribution in [3.8, 4) is 11.6 Å². The van der Waals surface area contributed by atoms with Crippen molar-refractivity contribution >= 4 is 11.8 Å². The Labute approximate surface area is 141 Å². The SMILES string of the molecule is CNC(=O)CCNC(=O)C(C)(C)Oc1ccn(-c2ccccc2)n1. The summed E-state index contributed by atoms with van der Waals surface area (Å²) in [7, 11) is 1.56. The summed E-state index contributed by atoms with van der Waals surface area (Å²) in [6.45, 7) is 3.57. The Hall–Kier alpha value is -2.83. The molecule has 24 heavy (non-hydrogen) atoms. The minimum Gasteiger partial charge on any atom is -0.460 e. The maximum absolute atomic E-state index is 12.2. The number of carbonyl (C=O) groups excluding carboxylic acids is 2. The van der Waals surface area contributed by atoms with E-state index in [-0.39, 0.29) is 24.8 Å². The molecule has 0 aliphatic carbocycles. The number of nitrogens with one attached hydrogen (secondary N) is 2. The van der Waals surface area contributed by atoms with Gasteiger partial charge in [0.25, 0.3) is 5.91 Å². The van der Waals surface area contributed by atoms with E-state index in [1.807, 2.05) is 30.3 Å². The van der Waals surface area contributed by atoms with Gasteiger partial charge in [0.2, 0.25) is 11.8 Å². The lowest BCUT2D eigenvalue weighted by Crippen LogP contribution is -2.47. The van der Waals surface area contributed by atoms with Crippen LogP contribution in [0.4, 0.5) is 0 Å². The van der Waals surface area contributed by atoms with Crippen LogP contribution in [0.1, 0.15) is 20.3 Å². The number of rotatable bonds is 7. The quantitative estimate of drug-likeness (QED) is 0.801. The predicted molar refractivity (Wildman–Crippen MR) is 90.0 cm³/mol. The predicted octanol–water partition coefficient (Wildman–Crippen LogP) is 1.28. The fourth-order valence-corrected chi connectivity index (χ4v) is 2.02. The molecule has 128 valence electrons. The van der Waals surface area contributed by atoms with Crippen molar-refractivity contribution in [2.45, 2.75) is 25.9 Å². The van der Waals surface area contributed by atoms with Crippen LogP contribution in [0.3, 0.4) is 0 Å². The van der Waals surface area contributed by atoms with E-state index < -0.39 is 5.60 Å². The van der Waals surface area contributed by atoms with Gasteiger partial charge in [-0.2, -0.15) is 0 Å². The molecule has 0 saturated carbocycles. The van der Waals surface area contributed by atoms with E-state index in [9.17, 15) is 9.59 Å². The molecule has 2 aromatic rings. The zero-order valence-corrected chi connectivity index (χ0v) is 14.1. The highest BCUT2D eigenvalue weighted by Gasteiger charge is 2.30. The fourth-order valence-electron chi connectivity index (χ4n) is 2.02. The van der Waals surface area contributed by atoms with Crippen molar-refractivity contribution in [1.29, 1.82) is 0 Å². The highest BCUT2D eigenvalue weighted by molar-refractivity contribution is 5.85. The molecule has 2 N–H and O–H groups in total. The van der Waals surface area contributed by atoms with E-state index in [4.69, 9.17) is 4.74 Å². The average molecular weight is 330 g/mol. The smallest absolute Gasteiger partial charge is 0.263 e. The highest BCUT2D eigenvalue weighted by atomic mass is 16.5. The maximum Gasteiger partial charge on any atom is 0.263 e. The Balaban J connectivity index is 1.95. The van der Waals surface area contributed by atoms with Gasteiger partial charge >= 0.3 is 0 Å². The number of nitrogens with zero attached hydrogens (tertiary/aromatic N) is 2. The first-order chi connectivity index (χ1) is 11.4. The molecule has 7 nitrogen and oxygen atoms in total. The zero-order chi connectivity index (χ0) is 17.6. The molecule has 1 aromatic heterocycles. The Kier molecular flexibility index (Phi) is 5.57. The van der Waals surface area contributed by atoms with Crippen molar-refractivity contribution in [2.75, 3.05) is 13.6 Å². The van der Waals surface area contributed by atoms with Gasteiger partial charge in [-0.25, -0.2) is 4.68 Å². The van der Waals surface area contributed by atoms with E-state index in [0.717, 1.165) is 5.69 Å². The Morgan fingerprint density at radius 2 is 1.92 bits per heavy atom. The number of benzene rings is 1. The second-order valence-corrected chi connectivity index (χ2v) is 5.73. The number of aromatic nitrogens is 2. The summed E-state index contributed by atoms with van der Waals surface area (Å²) in [6, 6.07) is 11.3. The summed E-state index contributed by atoms with van der Waals surface area (Å²) in [6.07, 6.45) is 1.99. The molecule has 0 aliphatic rings. The highest BCUT2D eigenvalue weighted by Crippen LogP contribution is 2.18. The van der Waals surface area contributed by atoms with Crippen LogP contribution in [0.2, 0.25) is 0 Å². The Morgan fingerprint density at radius 3 is 2.58 bits per heavy atom. The third-order valence-electron chi connectivity index (χ3n) is 3.41. The van der Waals surface area contributed by atoms with Crippen molar-refractivity contribution in [3.63, 3.8) is 0 Å². The topological polar surface area (TPSA) is 85.3 Å². The summed E-state index contributed by atoms with van der Waals surface area (Å²) in [5.74, 6) is -0.0819. The van der Waals surface area contributed by atoms with E-state index in [0.29, 0.717) is 5.88 Å². The molecule has 2 rings (SSSR count). The Bertz CT molecular complexity index is 695. The first-order valence-corrected chi connectivity index (χ1v) is 7.71. The molecule has 7 heteroatoms. The molecule has 0 aliphatic heterocycles. The lowest BCUT2D eigenvalue weighted by molar-refractivity contribution is -0.134. The number of amides is 2. The summed E-state index contributed by atoms with van der Waals surface area (Å²) < 4.78 is 7.38. The third-order valence-corrected chi connectivity index (χ3v) is 3.41. The third kappa shape index (κ3) is 4.58. The molecule has 0 fully saturated rings. The Morgan fingerprint density at radius 1 is 1.21 bits per heavy atom. The van der Waals surface area contributed by atoms with Gasteiger partial charge in [-0.15, -0.1) is 5.10 Å². The van der Waals surface area contributed by atoms with Crippen LogP contribution in [-0.4, -0.2) is 40.8 Å². The lowest BCUT2D eigenvalue weighted by Gasteiger charge is -2.23. The van der Waals surface area contributed by atoms with Crippen molar-refractivity contribution in [3.05, 3.63) is 42.6 Å². The van der Waals surface area contributed by atoms with E-state index in [1.165, 1.54) is 0 Å². The average Bonchev–Trinajstić information content (AvgIpc) is 3.03.